The number of ether oxygens (including phenoxy) is 6. The number of aliphatic hydroxyl groups is 2. The minimum atomic E-state index is -0.412. The molecule has 0 atom stereocenters. The first-order valence-electron chi connectivity index (χ1n) is 55.1. The summed E-state index contributed by atoms with van der Waals surface area (Å²) >= 11 is 0. The van der Waals surface area contributed by atoms with Gasteiger partial charge in [-0.15, -0.1) is 0 Å². The summed E-state index contributed by atoms with van der Waals surface area (Å²) in [5.41, 5.74) is 13.5. The van der Waals surface area contributed by atoms with Crippen molar-refractivity contribution in [3.8, 4) is 23.0 Å². The number of hydrogen-bond donors (Lipinski definition) is 2. The van der Waals surface area contributed by atoms with E-state index in [9.17, 15) is 19.8 Å². The molecular weight excluding hydrogens is 1580 g/mol. The Bertz CT molecular complexity index is 3150. The fraction of sp³-hybridized carbons (Fsp3) is 0.746. The summed E-state index contributed by atoms with van der Waals surface area (Å²) in [6.45, 7) is 19.8. The van der Waals surface area contributed by atoms with Crippen LogP contribution in [0.15, 0.2) is 73.8 Å². The lowest BCUT2D eigenvalue weighted by molar-refractivity contribution is -0.138. The van der Waals surface area contributed by atoms with E-state index in [0.29, 0.717) is 103 Å². The third-order valence-corrected chi connectivity index (χ3v) is 27.0. The second kappa shape index (κ2) is 79.9. The van der Waals surface area contributed by atoms with E-state index in [-0.39, 0.29) is 26.4 Å². The van der Waals surface area contributed by atoms with E-state index < -0.39 is 11.9 Å². The zero-order chi connectivity index (χ0) is 91.1. The summed E-state index contributed by atoms with van der Waals surface area (Å²) < 4.78 is 41.5. The van der Waals surface area contributed by atoms with E-state index in [0.717, 1.165) is 130 Å². The third kappa shape index (κ3) is 55.2. The predicted octanol–water partition coefficient (Wildman–Crippen LogP) is 34.1. The third-order valence-electron chi connectivity index (χ3n) is 27.0. The monoisotopic (exact) mass is 1770 g/mol. The van der Waals surface area contributed by atoms with Crippen molar-refractivity contribution in [1.29, 1.82) is 0 Å². The van der Waals surface area contributed by atoms with Gasteiger partial charge in [-0.3, -0.25) is 0 Å². The van der Waals surface area contributed by atoms with E-state index in [2.05, 4.69) is 89.4 Å². The Morgan fingerprint density at radius 1 is 0.227 bits per heavy atom. The smallest absolute Gasteiger partial charge is 0.330 e. The van der Waals surface area contributed by atoms with E-state index in [1.807, 2.05) is 0 Å². The number of esters is 2. The highest BCUT2D eigenvalue weighted by atomic mass is 16.5. The van der Waals surface area contributed by atoms with Crippen LogP contribution in [0.25, 0.3) is 0 Å². The number of hydrogen-bond acceptors (Lipinski definition) is 10. The van der Waals surface area contributed by atoms with Gasteiger partial charge in [0.15, 0.2) is 0 Å². The van der Waals surface area contributed by atoms with Crippen molar-refractivity contribution in [3.63, 3.8) is 0 Å². The molecule has 10 nitrogen and oxygen atoms in total. The molecule has 0 saturated heterocycles. The van der Waals surface area contributed by atoms with E-state index in [1.165, 1.54) is 383 Å². The van der Waals surface area contributed by atoms with Crippen molar-refractivity contribution in [2.75, 3.05) is 52.9 Å². The van der Waals surface area contributed by atoms with Gasteiger partial charge in [0.1, 0.15) is 23.0 Å². The zero-order valence-electron chi connectivity index (χ0n) is 83.7. The van der Waals surface area contributed by atoms with Gasteiger partial charge in [0.05, 0.1) is 39.6 Å². The molecule has 0 aromatic heterocycles. The number of rotatable bonds is 88. The second-order valence-electron chi connectivity index (χ2n) is 38.9. The SMILES string of the molecule is C=CC(=O)OCCCc1cc2c(OCCCCCCCCCCCCCCCCCC)c(c1)Cc1cc(CCCOC(=O)C=C)cc(c1OCCCCCCCCCCCCCCCCCC)Cc1cc(CCCO)cc(c1OCCCCCCCCCCCCCCCCCC)Cc1cc(CCCO)cc(c1OCCCCCCCCCCCCCCCCCC)C2. The molecule has 0 unspecified atom stereocenters. The van der Waals surface area contributed by atoms with E-state index in [4.69, 9.17) is 28.4 Å². The van der Waals surface area contributed by atoms with Gasteiger partial charge in [-0.25, -0.2) is 9.59 Å². The Labute approximate surface area is 787 Å². The maximum absolute atomic E-state index is 12.6. The summed E-state index contributed by atoms with van der Waals surface area (Å²) in [5, 5.41) is 21.3. The second-order valence-corrected chi connectivity index (χ2v) is 38.9. The molecule has 4 aromatic rings. The number of benzene rings is 4. The molecule has 1 aliphatic carbocycles. The molecule has 728 valence electrons. The number of aryl methyl sites for hydroxylation is 4. The standard InChI is InChI=1S/C118H196O10/c1-7-13-17-21-25-29-33-37-41-45-49-53-57-61-65-69-83-125-115-105-89-101(77-73-81-119)91-107(115)98-109-93-103(79-75-87-123-113(121)11-5)95-111(117(109)127-85-71-67-63-59-55-51-47-43-39-35-31-27-23-19-15-9-3)100-112-96-104(80-76-88-124-114(122)12-6)94-110(118(112)128-86-72-68-64-60-56-52-48-44-40-36-32-28-24-20-16-10-4)99-108-92-102(78-74-82-120)90-106(97-105)116(108)126-84-70-66-62-58-54-50-46-42-38-34-30-26-22-18-14-8-2/h11-12,89-96,119-120H,5-10,13-88,97-100H2,1-4H3. The largest absolute Gasteiger partial charge is 0.493 e. The molecule has 0 amide bonds. The van der Waals surface area contributed by atoms with Crippen molar-refractivity contribution < 1.29 is 48.2 Å². The van der Waals surface area contributed by atoms with Crippen molar-refractivity contribution in [2.45, 2.75) is 516 Å². The molecule has 0 radical (unpaired) electrons. The summed E-state index contributed by atoms with van der Waals surface area (Å²) in [7, 11) is 0. The molecule has 0 fully saturated rings. The highest BCUT2D eigenvalue weighted by Gasteiger charge is 2.26. The first-order valence-corrected chi connectivity index (χ1v) is 55.1. The van der Waals surface area contributed by atoms with E-state index >= 15 is 0 Å². The molecule has 0 heterocycles. The fourth-order valence-corrected chi connectivity index (χ4v) is 19.4. The normalized spacial score (nSPS) is 12.0. The predicted molar refractivity (Wildman–Crippen MR) is 547 cm³/mol. The lowest BCUT2D eigenvalue weighted by Crippen LogP contribution is -2.12. The number of aliphatic hydroxyl groups excluding tert-OH is 2. The zero-order valence-corrected chi connectivity index (χ0v) is 83.7. The highest BCUT2D eigenvalue weighted by molar-refractivity contribution is 5.81. The molecule has 0 saturated carbocycles. The molecule has 10 heteroatoms. The first kappa shape index (κ1) is 113. The Kier molecular flexibility index (Phi) is 70.5. The quantitative estimate of drug-likeness (QED) is 0.0220. The van der Waals surface area contributed by atoms with Gasteiger partial charge < -0.3 is 38.6 Å². The molecule has 0 aliphatic heterocycles. The molecule has 8 bridgehead atoms. The molecule has 0 spiro atoms. The van der Waals surface area contributed by atoms with Crippen LogP contribution in [-0.4, -0.2) is 75.0 Å². The Morgan fingerprint density at radius 2 is 0.375 bits per heavy atom. The maximum atomic E-state index is 12.6. The average Bonchev–Trinajstić information content (AvgIpc) is 0.772. The van der Waals surface area contributed by atoms with Crippen LogP contribution in [0.2, 0.25) is 0 Å². The van der Waals surface area contributed by atoms with Crippen LogP contribution in [0, 0.1) is 0 Å². The molecule has 4 aromatic carbocycles. The average molecular weight is 1770 g/mol. The van der Waals surface area contributed by atoms with Crippen LogP contribution >= 0.6 is 0 Å². The van der Waals surface area contributed by atoms with Crippen molar-refractivity contribution >= 4 is 11.9 Å². The molecule has 1 aliphatic rings. The Hall–Kier alpha value is -5.58. The Balaban J connectivity index is 1.63. The summed E-state index contributed by atoms with van der Waals surface area (Å²) in [6.07, 6.45) is 93.6. The van der Waals surface area contributed by atoms with Gasteiger partial charge in [0.25, 0.3) is 0 Å². The topological polar surface area (TPSA) is 130 Å². The van der Waals surface area contributed by atoms with Crippen LogP contribution in [0.1, 0.15) is 531 Å². The van der Waals surface area contributed by atoms with E-state index in [1.54, 1.807) is 0 Å². The van der Waals surface area contributed by atoms with Crippen molar-refractivity contribution in [3.05, 3.63) is 141 Å². The molecule has 5 rings (SSSR count). The molecular formula is C118H196O10. The number of unbranched alkanes of at least 4 members (excludes halogenated alkanes) is 60. The maximum Gasteiger partial charge on any atom is 0.330 e. The number of fused-ring (bicyclic) bond motifs is 8. The van der Waals surface area contributed by atoms with Gasteiger partial charge in [-0.1, -0.05) is 475 Å². The van der Waals surface area contributed by atoms with Crippen LogP contribution in [0.5, 0.6) is 23.0 Å². The van der Waals surface area contributed by atoms with Gasteiger partial charge in [0, 0.05) is 51.0 Å². The van der Waals surface area contributed by atoms with Gasteiger partial charge in [0.2, 0.25) is 0 Å². The summed E-state index contributed by atoms with van der Waals surface area (Å²) in [4.78, 5) is 25.3. The van der Waals surface area contributed by atoms with Gasteiger partial charge >= 0.3 is 11.9 Å². The van der Waals surface area contributed by atoms with Crippen LogP contribution in [0.4, 0.5) is 0 Å². The number of carbonyl (C=O) groups is 2. The lowest BCUT2D eigenvalue weighted by Gasteiger charge is -2.25. The van der Waals surface area contributed by atoms with Crippen LogP contribution < -0.4 is 18.9 Å². The lowest BCUT2D eigenvalue weighted by atomic mass is 9.87. The fourth-order valence-electron chi connectivity index (χ4n) is 19.4. The number of carbonyl (C=O) groups excluding carboxylic acids is 2. The van der Waals surface area contributed by atoms with Crippen LogP contribution in [0.3, 0.4) is 0 Å². The highest BCUT2D eigenvalue weighted by Crippen LogP contribution is 2.43. The summed E-state index contributed by atoms with van der Waals surface area (Å²) in [5.74, 6) is 2.88. The minimum Gasteiger partial charge on any atom is -0.493 e. The molecule has 2 N–H and O–H groups in total. The molecule has 128 heavy (non-hydrogen) atoms. The van der Waals surface area contributed by atoms with Crippen molar-refractivity contribution in [2.24, 2.45) is 0 Å². The minimum absolute atomic E-state index is 0.0937. The van der Waals surface area contributed by atoms with Gasteiger partial charge in [-0.2, -0.15) is 0 Å². The summed E-state index contributed by atoms with van der Waals surface area (Å²) in [6, 6.07) is 19.1. The Morgan fingerprint density at radius 3 is 0.523 bits per heavy atom. The van der Waals surface area contributed by atoms with Crippen molar-refractivity contribution in [1.82, 2.24) is 0 Å². The van der Waals surface area contributed by atoms with Crippen LogP contribution in [-0.2, 0) is 70.4 Å². The van der Waals surface area contributed by atoms with Gasteiger partial charge in [-0.05, 0) is 144 Å². The first-order chi connectivity index (χ1) is 63.2.